The largest absolute Gasteiger partial charge is 0.373 e. The van der Waals surface area contributed by atoms with Gasteiger partial charge in [0.1, 0.15) is 0 Å². The molecule has 1 saturated heterocycles. The highest BCUT2D eigenvalue weighted by Gasteiger charge is 2.43. The van der Waals surface area contributed by atoms with Gasteiger partial charge in [-0.2, -0.15) is 0 Å². The summed E-state index contributed by atoms with van der Waals surface area (Å²) in [7, 11) is 4.41. The number of carbonyl (C=O) groups excluding carboxylic acids is 1. The maximum Gasteiger partial charge on any atom is 0.251 e. The SMILES string of the molecule is CN1CCCC2(C1)CN(C)c1ccc(C(=O)NCC3CCCCC3)cc12. The summed E-state index contributed by atoms with van der Waals surface area (Å²) in [6.07, 6.45) is 9.00. The van der Waals surface area contributed by atoms with Crippen molar-refractivity contribution < 1.29 is 4.79 Å². The molecule has 0 aromatic heterocycles. The van der Waals surface area contributed by atoms with Gasteiger partial charge in [-0.05, 0) is 69.0 Å². The first-order valence-corrected chi connectivity index (χ1v) is 10.4. The van der Waals surface area contributed by atoms with E-state index >= 15 is 0 Å². The van der Waals surface area contributed by atoms with Crippen molar-refractivity contribution in [2.24, 2.45) is 5.92 Å². The van der Waals surface area contributed by atoms with Crippen molar-refractivity contribution in [3.63, 3.8) is 0 Å². The number of likely N-dealkylation sites (tertiary alicyclic amines) is 1. The second kappa shape index (κ2) is 7.22. The molecule has 2 fully saturated rings. The van der Waals surface area contributed by atoms with Gasteiger partial charge in [0.2, 0.25) is 0 Å². The molecule has 1 saturated carbocycles. The van der Waals surface area contributed by atoms with Crippen LogP contribution >= 0.6 is 0 Å². The molecule has 4 heteroatoms. The third-order valence-corrected chi connectivity index (χ3v) is 6.82. The minimum atomic E-state index is 0.104. The molecule has 26 heavy (non-hydrogen) atoms. The van der Waals surface area contributed by atoms with Crippen molar-refractivity contribution in [2.45, 2.75) is 50.4 Å². The Bertz CT molecular complexity index is 663. The smallest absolute Gasteiger partial charge is 0.251 e. The maximum absolute atomic E-state index is 12.8. The number of fused-ring (bicyclic) bond motifs is 2. The number of nitrogens with one attached hydrogen (secondary N) is 1. The summed E-state index contributed by atoms with van der Waals surface area (Å²) in [5.74, 6) is 0.777. The van der Waals surface area contributed by atoms with Crippen LogP contribution in [0.25, 0.3) is 0 Å². The number of rotatable bonds is 3. The van der Waals surface area contributed by atoms with E-state index < -0.39 is 0 Å². The molecule has 1 aliphatic carbocycles. The Labute approximate surface area is 157 Å². The molecule has 0 radical (unpaired) electrons. The summed E-state index contributed by atoms with van der Waals surface area (Å²) < 4.78 is 0. The number of piperidine rings is 1. The summed E-state index contributed by atoms with van der Waals surface area (Å²) in [5, 5.41) is 3.21. The molecular weight excluding hydrogens is 322 g/mol. The van der Waals surface area contributed by atoms with Crippen LogP contribution in [0.4, 0.5) is 5.69 Å². The number of likely N-dealkylation sites (N-methyl/N-ethyl adjacent to an activating group) is 2. The van der Waals surface area contributed by atoms with Crippen molar-refractivity contribution >= 4 is 11.6 Å². The topological polar surface area (TPSA) is 35.6 Å². The predicted octanol–water partition coefficient (Wildman–Crippen LogP) is 3.41. The van der Waals surface area contributed by atoms with E-state index in [-0.39, 0.29) is 11.3 Å². The average Bonchev–Trinajstić information content (AvgIpc) is 2.91. The van der Waals surface area contributed by atoms with Crippen LogP contribution in [-0.2, 0) is 5.41 Å². The van der Waals surface area contributed by atoms with Crippen LogP contribution in [0.15, 0.2) is 18.2 Å². The van der Waals surface area contributed by atoms with Gasteiger partial charge in [0.15, 0.2) is 0 Å². The third kappa shape index (κ3) is 3.36. The lowest BCUT2D eigenvalue weighted by Gasteiger charge is -2.39. The number of hydrogen-bond acceptors (Lipinski definition) is 3. The number of carbonyl (C=O) groups is 1. The molecule has 142 valence electrons. The molecule has 0 bridgehead atoms. The Morgan fingerprint density at radius 2 is 1.96 bits per heavy atom. The Hall–Kier alpha value is -1.55. The van der Waals surface area contributed by atoms with Crippen molar-refractivity contribution in [1.82, 2.24) is 10.2 Å². The van der Waals surface area contributed by atoms with E-state index in [0.29, 0.717) is 5.92 Å². The molecule has 2 heterocycles. The zero-order valence-corrected chi connectivity index (χ0v) is 16.4. The Balaban J connectivity index is 1.51. The summed E-state index contributed by atoms with van der Waals surface area (Å²) in [5.41, 5.74) is 3.72. The molecule has 4 nitrogen and oxygen atoms in total. The molecule has 3 aliphatic rings. The van der Waals surface area contributed by atoms with E-state index in [1.165, 1.54) is 62.7 Å². The molecule has 1 unspecified atom stereocenters. The molecule has 2 aliphatic heterocycles. The second-order valence-corrected chi connectivity index (χ2v) is 8.92. The highest BCUT2D eigenvalue weighted by atomic mass is 16.1. The van der Waals surface area contributed by atoms with Crippen LogP contribution in [0, 0.1) is 5.92 Å². The first kappa shape index (κ1) is 17.8. The highest BCUT2D eigenvalue weighted by Crippen LogP contribution is 2.45. The molecule has 1 amide bonds. The van der Waals surface area contributed by atoms with Gasteiger partial charge in [0.05, 0.1) is 0 Å². The van der Waals surface area contributed by atoms with Gasteiger partial charge in [-0.1, -0.05) is 19.3 Å². The quantitative estimate of drug-likeness (QED) is 0.902. The number of hydrogen-bond donors (Lipinski definition) is 1. The monoisotopic (exact) mass is 355 g/mol. The minimum absolute atomic E-state index is 0.104. The van der Waals surface area contributed by atoms with Gasteiger partial charge in [-0.25, -0.2) is 0 Å². The zero-order chi connectivity index (χ0) is 18.1. The lowest BCUT2D eigenvalue weighted by Crippen LogP contribution is -2.46. The maximum atomic E-state index is 12.8. The standard InChI is InChI=1S/C22H33N3O/c1-24-12-6-11-22(15-24)16-25(2)20-10-9-18(13-19(20)22)21(26)23-14-17-7-4-3-5-8-17/h9-10,13,17H,3-8,11-12,14-16H2,1-2H3,(H,23,26). The molecule has 1 N–H and O–H groups in total. The summed E-state index contributed by atoms with van der Waals surface area (Å²) in [4.78, 5) is 17.6. The Morgan fingerprint density at radius 1 is 1.15 bits per heavy atom. The van der Waals surface area contributed by atoms with Crippen LogP contribution in [0.1, 0.15) is 60.9 Å². The number of benzene rings is 1. The number of amides is 1. The van der Waals surface area contributed by atoms with Gasteiger partial charge in [-0.15, -0.1) is 0 Å². The van der Waals surface area contributed by atoms with E-state index in [1.54, 1.807) is 0 Å². The summed E-state index contributed by atoms with van der Waals surface area (Å²) in [6.45, 7) is 4.18. The van der Waals surface area contributed by atoms with Gasteiger partial charge in [-0.3, -0.25) is 4.79 Å². The van der Waals surface area contributed by atoms with Crippen molar-refractivity contribution in [3.05, 3.63) is 29.3 Å². The van der Waals surface area contributed by atoms with E-state index in [0.717, 1.165) is 25.2 Å². The molecular formula is C22H33N3O. The molecule has 1 aromatic rings. The summed E-state index contributed by atoms with van der Waals surface area (Å²) in [6, 6.07) is 6.36. The predicted molar refractivity (Wildman–Crippen MR) is 107 cm³/mol. The fourth-order valence-corrected chi connectivity index (χ4v) is 5.50. The highest BCUT2D eigenvalue weighted by molar-refractivity contribution is 5.95. The third-order valence-electron chi connectivity index (χ3n) is 6.82. The average molecular weight is 356 g/mol. The van der Waals surface area contributed by atoms with E-state index in [1.807, 2.05) is 6.07 Å². The first-order chi connectivity index (χ1) is 12.6. The summed E-state index contributed by atoms with van der Waals surface area (Å²) >= 11 is 0. The molecule has 1 spiro atoms. The van der Waals surface area contributed by atoms with E-state index in [2.05, 4.69) is 41.3 Å². The number of anilines is 1. The fourth-order valence-electron chi connectivity index (χ4n) is 5.50. The van der Waals surface area contributed by atoms with Crippen LogP contribution in [-0.4, -0.2) is 51.1 Å². The van der Waals surface area contributed by atoms with Crippen LogP contribution in [0.3, 0.4) is 0 Å². The van der Waals surface area contributed by atoms with Crippen LogP contribution < -0.4 is 10.2 Å². The lowest BCUT2D eigenvalue weighted by molar-refractivity contribution is 0.0943. The molecule has 1 aromatic carbocycles. The van der Waals surface area contributed by atoms with Crippen molar-refractivity contribution in [3.8, 4) is 0 Å². The van der Waals surface area contributed by atoms with Crippen molar-refractivity contribution in [2.75, 3.05) is 45.2 Å². The van der Waals surface area contributed by atoms with Gasteiger partial charge in [0, 0.05) is 43.3 Å². The first-order valence-electron chi connectivity index (χ1n) is 10.4. The zero-order valence-electron chi connectivity index (χ0n) is 16.4. The molecule has 4 rings (SSSR count). The van der Waals surface area contributed by atoms with Crippen LogP contribution in [0.2, 0.25) is 0 Å². The number of nitrogens with zero attached hydrogens (tertiary/aromatic N) is 2. The van der Waals surface area contributed by atoms with Crippen LogP contribution in [0.5, 0.6) is 0 Å². The Kier molecular flexibility index (Phi) is 4.96. The van der Waals surface area contributed by atoms with E-state index in [9.17, 15) is 4.79 Å². The molecule has 1 atom stereocenters. The van der Waals surface area contributed by atoms with Gasteiger partial charge < -0.3 is 15.1 Å². The van der Waals surface area contributed by atoms with Gasteiger partial charge in [0.25, 0.3) is 5.91 Å². The Morgan fingerprint density at radius 3 is 2.73 bits per heavy atom. The normalized spacial score (nSPS) is 26.9. The lowest BCUT2D eigenvalue weighted by atomic mass is 9.75. The minimum Gasteiger partial charge on any atom is -0.373 e. The fraction of sp³-hybridized carbons (Fsp3) is 0.682. The van der Waals surface area contributed by atoms with Crippen molar-refractivity contribution in [1.29, 1.82) is 0 Å². The van der Waals surface area contributed by atoms with Gasteiger partial charge >= 0.3 is 0 Å². The van der Waals surface area contributed by atoms with E-state index in [4.69, 9.17) is 0 Å². The second-order valence-electron chi connectivity index (χ2n) is 8.92.